The van der Waals surface area contributed by atoms with E-state index in [4.69, 9.17) is 5.11 Å². The molecule has 1 aromatic heterocycles. The summed E-state index contributed by atoms with van der Waals surface area (Å²) in [5.74, 6) is -1.09. The average molecular weight is 221 g/mol. The summed E-state index contributed by atoms with van der Waals surface area (Å²) in [5.41, 5.74) is -0.808. The molecule has 0 atom stereocenters. The Morgan fingerprint density at radius 1 is 1.50 bits per heavy atom. The molecule has 1 rings (SSSR count). The van der Waals surface area contributed by atoms with Crippen LogP contribution < -0.4 is 51.4 Å². The van der Waals surface area contributed by atoms with E-state index in [1.807, 2.05) is 0 Å². The topological polar surface area (TPSA) is 70.4 Å². The van der Waals surface area contributed by atoms with Gasteiger partial charge in [0.25, 0.3) is 0 Å². The van der Waals surface area contributed by atoms with Gasteiger partial charge in [0.15, 0.2) is 0 Å². The Morgan fingerprint density at radius 2 is 2.07 bits per heavy atom. The molecule has 14 heavy (non-hydrogen) atoms. The largest absolute Gasteiger partial charge is 1.00 e. The summed E-state index contributed by atoms with van der Waals surface area (Å²) >= 11 is 0. The van der Waals surface area contributed by atoms with E-state index < -0.39 is 11.6 Å². The fraction of sp³-hybridized carbons (Fsp3) is 0.333. The molecule has 0 unspecified atom stereocenters. The number of carboxylic acids is 1. The van der Waals surface area contributed by atoms with Gasteiger partial charge in [0.2, 0.25) is 0 Å². The number of carboxylic acid groups (broad SMARTS) is 1. The second-order valence-corrected chi connectivity index (χ2v) is 3.27. The van der Waals surface area contributed by atoms with Crippen LogP contribution in [0, 0.1) is 0 Å². The van der Waals surface area contributed by atoms with Gasteiger partial charge >= 0.3 is 57.4 Å². The van der Waals surface area contributed by atoms with Gasteiger partial charge in [0.1, 0.15) is 11.3 Å². The van der Waals surface area contributed by atoms with Gasteiger partial charge in [-0.2, -0.15) is 0 Å². The molecule has 1 aromatic rings. The zero-order chi connectivity index (χ0) is 10.1. The van der Waals surface area contributed by atoms with E-state index in [-0.39, 0.29) is 58.5 Å². The van der Waals surface area contributed by atoms with Crippen molar-refractivity contribution < 1.29 is 67.8 Å². The molecule has 5 heteroatoms. The number of carbonyl (C=O) groups is 1. The second-order valence-electron chi connectivity index (χ2n) is 3.27. The van der Waals surface area contributed by atoms with Crippen molar-refractivity contribution in [1.29, 1.82) is 0 Å². The van der Waals surface area contributed by atoms with Crippen LogP contribution in [0.15, 0.2) is 18.2 Å². The van der Waals surface area contributed by atoms with Crippen molar-refractivity contribution >= 4 is 5.97 Å². The summed E-state index contributed by atoms with van der Waals surface area (Å²) in [6, 6.07) is 4.54. The molecular weight excluding hydrogens is 209 g/mol. The molecule has 0 fully saturated rings. The smallest absolute Gasteiger partial charge is 1.00 e. The molecule has 0 saturated carbocycles. The molecule has 1 heterocycles. The molecule has 0 amide bonds. The number of hydrogen-bond donors (Lipinski definition) is 2. The first-order valence-electron chi connectivity index (χ1n) is 3.84. The van der Waals surface area contributed by atoms with Crippen LogP contribution in [-0.4, -0.2) is 21.2 Å². The molecule has 0 aliphatic rings. The van der Waals surface area contributed by atoms with Crippen molar-refractivity contribution in [3.05, 3.63) is 29.6 Å². The SMILES string of the molecule is CC(C)(O)c1cccc(C(=O)O)n1.[H-].[K+]. The van der Waals surface area contributed by atoms with E-state index in [2.05, 4.69) is 4.98 Å². The van der Waals surface area contributed by atoms with Crippen molar-refractivity contribution in [2.75, 3.05) is 0 Å². The van der Waals surface area contributed by atoms with Crippen molar-refractivity contribution in [2.24, 2.45) is 0 Å². The molecule has 0 spiro atoms. The van der Waals surface area contributed by atoms with Gasteiger partial charge in [-0.05, 0) is 26.0 Å². The van der Waals surface area contributed by atoms with E-state index in [0.29, 0.717) is 5.69 Å². The van der Waals surface area contributed by atoms with Gasteiger partial charge in [-0.25, -0.2) is 9.78 Å². The first kappa shape index (κ1) is 14.2. The van der Waals surface area contributed by atoms with Crippen LogP contribution in [0.4, 0.5) is 0 Å². The van der Waals surface area contributed by atoms with Gasteiger partial charge in [-0.15, -0.1) is 0 Å². The zero-order valence-electron chi connectivity index (χ0n) is 9.48. The van der Waals surface area contributed by atoms with Crippen molar-refractivity contribution in [1.82, 2.24) is 4.98 Å². The number of aromatic carboxylic acids is 1. The monoisotopic (exact) mass is 221 g/mol. The molecule has 0 radical (unpaired) electrons. The number of aliphatic hydroxyl groups is 1. The van der Waals surface area contributed by atoms with E-state index >= 15 is 0 Å². The summed E-state index contributed by atoms with van der Waals surface area (Å²) in [6.07, 6.45) is 0. The molecule has 2 N–H and O–H groups in total. The minimum atomic E-state index is -1.11. The van der Waals surface area contributed by atoms with Crippen LogP contribution in [0.1, 0.15) is 31.5 Å². The summed E-state index contributed by atoms with van der Waals surface area (Å²) in [5, 5.41) is 18.2. The molecule has 0 aromatic carbocycles. The maximum absolute atomic E-state index is 10.5. The minimum Gasteiger partial charge on any atom is -1.00 e. The third-order valence-electron chi connectivity index (χ3n) is 1.60. The molecular formula is C9H12KNO3. The Kier molecular flexibility index (Phi) is 5.42. The molecule has 0 saturated heterocycles. The van der Waals surface area contributed by atoms with Gasteiger partial charge in [0.05, 0.1) is 5.69 Å². The second kappa shape index (κ2) is 5.34. The van der Waals surface area contributed by atoms with Crippen LogP contribution in [0.3, 0.4) is 0 Å². The van der Waals surface area contributed by atoms with Crippen molar-refractivity contribution in [3.8, 4) is 0 Å². The normalized spacial score (nSPS) is 10.5. The van der Waals surface area contributed by atoms with E-state index in [1.54, 1.807) is 26.0 Å². The predicted octanol–water partition coefficient (Wildman–Crippen LogP) is -1.88. The third-order valence-corrected chi connectivity index (χ3v) is 1.60. The van der Waals surface area contributed by atoms with Crippen LogP contribution >= 0.6 is 0 Å². The van der Waals surface area contributed by atoms with Crippen LogP contribution in [0.5, 0.6) is 0 Å². The van der Waals surface area contributed by atoms with Gasteiger partial charge in [-0.3, -0.25) is 0 Å². The number of nitrogens with zero attached hydrogens (tertiary/aromatic N) is 1. The fourth-order valence-corrected chi connectivity index (χ4v) is 0.895. The van der Waals surface area contributed by atoms with Crippen LogP contribution in [0.25, 0.3) is 0 Å². The number of aromatic nitrogens is 1. The quantitative estimate of drug-likeness (QED) is 0.574. The van der Waals surface area contributed by atoms with E-state index in [1.165, 1.54) is 6.07 Å². The standard InChI is InChI=1S/C9H11NO3.K.H/c1-9(2,13)7-5-3-4-6(10-7)8(11)12;;/h3-5,13H,1-2H3,(H,11,12);;/q;+1;-1. The average Bonchev–Trinajstić information content (AvgIpc) is 2.03. The summed E-state index contributed by atoms with van der Waals surface area (Å²) in [4.78, 5) is 14.3. The number of pyridine rings is 1. The Labute approximate surface area is 126 Å². The molecule has 0 aliphatic heterocycles. The maximum atomic E-state index is 10.5. The Morgan fingerprint density at radius 3 is 2.50 bits per heavy atom. The van der Waals surface area contributed by atoms with Crippen LogP contribution in [0.2, 0.25) is 0 Å². The van der Waals surface area contributed by atoms with Gasteiger partial charge < -0.3 is 11.6 Å². The first-order chi connectivity index (χ1) is 5.91. The van der Waals surface area contributed by atoms with Gasteiger partial charge in [-0.1, -0.05) is 6.07 Å². The Balaban J connectivity index is 0. The zero-order valence-corrected chi connectivity index (χ0v) is 11.6. The maximum Gasteiger partial charge on any atom is 1.00 e. The number of rotatable bonds is 2. The van der Waals surface area contributed by atoms with Crippen molar-refractivity contribution in [2.45, 2.75) is 19.4 Å². The molecule has 72 valence electrons. The first-order valence-corrected chi connectivity index (χ1v) is 3.84. The summed E-state index contributed by atoms with van der Waals surface area (Å²) < 4.78 is 0. The number of hydrogen-bond acceptors (Lipinski definition) is 3. The molecule has 4 nitrogen and oxygen atoms in total. The predicted molar refractivity (Wildman–Crippen MR) is 47.6 cm³/mol. The Bertz CT molecular complexity index is 338. The molecule has 0 aliphatic carbocycles. The summed E-state index contributed by atoms with van der Waals surface area (Å²) in [6.45, 7) is 3.11. The third kappa shape index (κ3) is 3.76. The minimum absolute atomic E-state index is 0. The summed E-state index contributed by atoms with van der Waals surface area (Å²) in [7, 11) is 0. The van der Waals surface area contributed by atoms with Gasteiger partial charge in [0, 0.05) is 0 Å². The Hall–Kier alpha value is 0.216. The van der Waals surface area contributed by atoms with E-state index in [9.17, 15) is 9.90 Å². The molecule has 0 bridgehead atoms. The van der Waals surface area contributed by atoms with E-state index in [0.717, 1.165) is 0 Å². The fourth-order valence-electron chi connectivity index (χ4n) is 0.895. The van der Waals surface area contributed by atoms with Crippen molar-refractivity contribution in [3.63, 3.8) is 0 Å². The van der Waals surface area contributed by atoms with Crippen LogP contribution in [-0.2, 0) is 5.60 Å².